The van der Waals surface area contributed by atoms with Gasteiger partial charge in [-0.2, -0.15) is 0 Å². The summed E-state index contributed by atoms with van der Waals surface area (Å²) in [5, 5.41) is 0.637. The number of amides is 2. The summed E-state index contributed by atoms with van der Waals surface area (Å²) in [5.74, 6) is 1.06. The van der Waals surface area contributed by atoms with Crippen molar-refractivity contribution in [1.29, 1.82) is 0 Å². The average Bonchev–Trinajstić information content (AvgIpc) is 3.27. The monoisotopic (exact) mass is 511 g/mol. The molecule has 0 bridgehead atoms. The van der Waals surface area contributed by atoms with Crippen LogP contribution in [0.3, 0.4) is 0 Å². The molecule has 1 saturated heterocycles. The summed E-state index contributed by atoms with van der Waals surface area (Å²) in [5.41, 5.74) is 1.82. The molecule has 3 heterocycles. The summed E-state index contributed by atoms with van der Waals surface area (Å²) < 4.78 is 12.4. The molecule has 9 nitrogen and oxygen atoms in total. The first-order valence-electron chi connectivity index (χ1n) is 11.7. The first kappa shape index (κ1) is 25.5. The summed E-state index contributed by atoms with van der Waals surface area (Å²) in [6.07, 6.45) is 3.18. The van der Waals surface area contributed by atoms with Gasteiger partial charge in [0.1, 0.15) is 18.0 Å². The molecule has 1 aliphatic heterocycles. The summed E-state index contributed by atoms with van der Waals surface area (Å²) in [6.45, 7) is 7.35. The Morgan fingerprint density at radius 2 is 1.61 bits per heavy atom. The number of pyridine rings is 1. The minimum Gasteiger partial charge on any atom is -0.481 e. The number of rotatable bonds is 5. The highest BCUT2D eigenvalue weighted by Crippen LogP contribution is 2.27. The predicted octanol–water partition coefficient (Wildman–Crippen LogP) is 4.35. The fraction of sp³-hybridized carbons (Fsp3) is 0.385. The van der Waals surface area contributed by atoms with E-state index in [1.54, 1.807) is 41.3 Å². The maximum absolute atomic E-state index is 13.2. The number of benzene rings is 1. The minimum atomic E-state index is -0.556. The highest BCUT2D eigenvalue weighted by Gasteiger charge is 2.28. The van der Waals surface area contributed by atoms with Gasteiger partial charge >= 0.3 is 6.09 Å². The van der Waals surface area contributed by atoms with Gasteiger partial charge in [-0.05, 0) is 39.0 Å². The van der Waals surface area contributed by atoms with E-state index in [0.717, 1.165) is 16.8 Å². The normalized spacial score (nSPS) is 14.0. The number of carbonyl (C=O) groups excluding carboxylic acids is 2. The molecule has 3 aromatic rings. The largest absolute Gasteiger partial charge is 0.481 e. The molecule has 4 rings (SSSR count). The Morgan fingerprint density at radius 3 is 2.19 bits per heavy atom. The van der Waals surface area contributed by atoms with Crippen molar-refractivity contribution in [3.8, 4) is 28.5 Å². The summed E-state index contributed by atoms with van der Waals surface area (Å²) in [6, 6.07) is 11.0. The van der Waals surface area contributed by atoms with Gasteiger partial charge in [0.15, 0.2) is 0 Å². The number of imidazole rings is 1. The van der Waals surface area contributed by atoms with E-state index in [0.29, 0.717) is 42.9 Å². The van der Waals surface area contributed by atoms with Crippen molar-refractivity contribution < 1.29 is 19.1 Å². The number of hydrogen-bond acceptors (Lipinski definition) is 6. The van der Waals surface area contributed by atoms with Crippen LogP contribution in [-0.4, -0.2) is 75.2 Å². The van der Waals surface area contributed by atoms with Crippen LogP contribution in [0.15, 0.2) is 48.8 Å². The zero-order chi connectivity index (χ0) is 25.9. The van der Waals surface area contributed by atoms with Crippen molar-refractivity contribution in [2.45, 2.75) is 32.9 Å². The fourth-order valence-electron chi connectivity index (χ4n) is 3.87. The molecule has 0 saturated carbocycles. The van der Waals surface area contributed by atoms with Crippen LogP contribution < -0.4 is 4.74 Å². The molecular weight excluding hydrogens is 482 g/mol. The number of hydrogen-bond donors (Lipinski definition) is 0. The van der Waals surface area contributed by atoms with Crippen LogP contribution in [0.25, 0.3) is 22.6 Å². The van der Waals surface area contributed by atoms with Crippen molar-refractivity contribution in [3.63, 3.8) is 0 Å². The summed E-state index contributed by atoms with van der Waals surface area (Å²) in [7, 11) is 1.56. The second kappa shape index (κ2) is 10.6. The lowest BCUT2D eigenvalue weighted by Gasteiger charge is -2.35. The van der Waals surface area contributed by atoms with Gasteiger partial charge < -0.3 is 23.8 Å². The second-order valence-electron chi connectivity index (χ2n) is 9.52. The molecule has 2 amide bonds. The fourth-order valence-corrected chi connectivity index (χ4v) is 4.00. The van der Waals surface area contributed by atoms with Crippen LogP contribution in [0.1, 0.15) is 20.8 Å². The van der Waals surface area contributed by atoms with E-state index < -0.39 is 5.60 Å². The Morgan fingerprint density at radius 1 is 0.972 bits per heavy atom. The van der Waals surface area contributed by atoms with Crippen molar-refractivity contribution in [2.75, 3.05) is 33.3 Å². The standard InChI is InChI=1S/C26H30ClN5O4/c1-26(2,3)36-25(34)31-13-11-30(12-14-31)23(33)17-32-16-21(18-5-8-20(27)9-6-18)29-24(32)19-7-10-22(35-4)28-15-19/h5-10,15-16H,11-14,17H2,1-4H3. The van der Waals surface area contributed by atoms with E-state index >= 15 is 0 Å². The van der Waals surface area contributed by atoms with Gasteiger partial charge in [-0.1, -0.05) is 23.7 Å². The molecule has 1 fully saturated rings. The Balaban J connectivity index is 1.52. The number of nitrogens with zero attached hydrogens (tertiary/aromatic N) is 5. The van der Waals surface area contributed by atoms with E-state index in [9.17, 15) is 9.59 Å². The highest BCUT2D eigenvalue weighted by atomic mass is 35.5. The number of ether oxygens (including phenoxy) is 2. The van der Waals surface area contributed by atoms with Crippen LogP contribution in [0, 0.1) is 0 Å². The SMILES string of the molecule is COc1ccc(-c2nc(-c3ccc(Cl)cc3)cn2CC(=O)N2CCN(C(=O)OC(C)(C)C)CC2)cn1. The highest BCUT2D eigenvalue weighted by molar-refractivity contribution is 6.30. The van der Waals surface area contributed by atoms with Crippen LogP contribution in [-0.2, 0) is 16.1 Å². The zero-order valence-electron chi connectivity index (χ0n) is 20.9. The number of methoxy groups -OCH3 is 1. The van der Waals surface area contributed by atoms with Crippen LogP contribution in [0.5, 0.6) is 5.88 Å². The Kier molecular flexibility index (Phi) is 7.49. The van der Waals surface area contributed by atoms with Gasteiger partial charge in [-0.15, -0.1) is 0 Å². The van der Waals surface area contributed by atoms with Gasteiger partial charge in [0.05, 0.1) is 12.8 Å². The summed E-state index contributed by atoms with van der Waals surface area (Å²) >= 11 is 6.05. The lowest BCUT2D eigenvalue weighted by atomic mass is 10.2. The predicted molar refractivity (Wildman–Crippen MR) is 137 cm³/mol. The van der Waals surface area contributed by atoms with Crippen LogP contribution >= 0.6 is 11.6 Å². The molecule has 0 unspecified atom stereocenters. The molecule has 0 radical (unpaired) electrons. The molecule has 10 heteroatoms. The zero-order valence-corrected chi connectivity index (χ0v) is 21.7. The third kappa shape index (κ3) is 6.15. The number of carbonyl (C=O) groups is 2. The Bertz CT molecular complexity index is 1210. The third-order valence-corrected chi connectivity index (χ3v) is 5.96. The number of halogens is 1. The van der Waals surface area contributed by atoms with Crippen molar-refractivity contribution >= 4 is 23.6 Å². The molecule has 2 aromatic heterocycles. The molecular formula is C26H30ClN5O4. The van der Waals surface area contributed by atoms with E-state index in [1.807, 2.05) is 49.7 Å². The molecule has 190 valence electrons. The maximum atomic E-state index is 13.2. The molecule has 0 aliphatic carbocycles. The van der Waals surface area contributed by atoms with Crippen molar-refractivity contribution in [3.05, 3.63) is 53.8 Å². The van der Waals surface area contributed by atoms with Gasteiger partial charge in [-0.25, -0.2) is 14.8 Å². The van der Waals surface area contributed by atoms with Crippen molar-refractivity contribution in [1.82, 2.24) is 24.3 Å². The molecule has 0 N–H and O–H groups in total. The lowest BCUT2D eigenvalue weighted by Crippen LogP contribution is -2.52. The first-order chi connectivity index (χ1) is 17.1. The molecule has 0 spiro atoms. The summed E-state index contributed by atoms with van der Waals surface area (Å²) in [4.78, 5) is 38.1. The average molecular weight is 512 g/mol. The topological polar surface area (TPSA) is 89.8 Å². The van der Waals surface area contributed by atoms with Crippen LogP contribution in [0.2, 0.25) is 5.02 Å². The van der Waals surface area contributed by atoms with E-state index in [1.165, 1.54) is 0 Å². The third-order valence-electron chi connectivity index (χ3n) is 5.71. The molecule has 1 aromatic carbocycles. The lowest BCUT2D eigenvalue weighted by molar-refractivity contribution is -0.133. The second-order valence-corrected chi connectivity index (χ2v) is 9.96. The maximum Gasteiger partial charge on any atom is 0.410 e. The minimum absolute atomic E-state index is 0.0541. The van der Waals surface area contributed by atoms with Gasteiger partial charge in [0.2, 0.25) is 11.8 Å². The van der Waals surface area contributed by atoms with Gasteiger partial charge in [0.25, 0.3) is 0 Å². The van der Waals surface area contributed by atoms with Gasteiger partial charge in [0, 0.05) is 60.8 Å². The number of piperazine rings is 1. The Labute approximate surface area is 215 Å². The number of aromatic nitrogens is 3. The molecule has 36 heavy (non-hydrogen) atoms. The molecule has 1 aliphatic rings. The smallest absolute Gasteiger partial charge is 0.410 e. The molecule has 0 atom stereocenters. The van der Waals surface area contributed by atoms with Crippen molar-refractivity contribution in [2.24, 2.45) is 0 Å². The van der Waals surface area contributed by atoms with Crippen LogP contribution in [0.4, 0.5) is 4.79 Å². The Hall–Kier alpha value is -3.59. The quantitative estimate of drug-likeness (QED) is 0.506. The van der Waals surface area contributed by atoms with E-state index in [2.05, 4.69) is 4.98 Å². The van der Waals surface area contributed by atoms with E-state index in [4.69, 9.17) is 26.1 Å². The van der Waals surface area contributed by atoms with E-state index in [-0.39, 0.29) is 18.5 Å². The first-order valence-corrected chi connectivity index (χ1v) is 12.1. The van der Waals surface area contributed by atoms with Gasteiger partial charge in [-0.3, -0.25) is 4.79 Å².